The standard InChI is InChI=1S/C15H17F2NO2/c1-10(11-6-4-3-5-7-11)18-9-8-12(14(18)20)13(19)15(2,16)17/h3-7,10,12H,8-9H2,1-2H3/t10-,12?/m1/s1. The Morgan fingerprint density at radius 2 is 1.95 bits per heavy atom. The van der Waals surface area contributed by atoms with Gasteiger partial charge >= 0.3 is 5.92 Å². The van der Waals surface area contributed by atoms with Gasteiger partial charge in [0, 0.05) is 13.5 Å². The number of benzene rings is 1. The zero-order valence-electron chi connectivity index (χ0n) is 11.5. The second kappa shape index (κ2) is 5.31. The molecule has 5 heteroatoms. The lowest BCUT2D eigenvalue weighted by Gasteiger charge is -2.25. The Labute approximate surface area is 116 Å². The van der Waals surface area contributed by atoms with Gasteiger partial charge in [0.1, 0.15) is 5.92 Å². The molecule has 1 aromatic carbocycles. The fraction of sp³-hybridized carbons (Fsp3) is 0.467. The number of carbonyl (C=O) groups excluding carboxylic acids is 2. The SMILES string of the molecule is C[C@H](c1ccccc1)N1CCC(C(=O)C(C)(F)F)C1=O. The molecule has 0 radical (unpaired) electrons. The maximum absolute atomic E-state index is 13.1. The maximum Gasteiger partial charge on any atom is 0.303 e. The van der Waals surface area contributed by atoms with Crippen LogP contribution in [0.2, 0.25) is 0 Å². The van der Waals surface area contributed by atoms with Gasteiger partial charge in [-0.3, -0.25) is 9.59 Å². The van der Waals surface area contributed by atoms with Crippen LogP contribution in [0.1, 0.15) is 31.9 Å². The van der Waals surface area contributed by atoms with Gasteiger partial charge in [0.2, 0.25) is 11.7 Å². The number of rotatable bonds is 4. The molecule has 0 bridgehead atoms. The van der Waals surface area contributed by atoms with Gasteiger partial charge in [-0.15, -0.1) is 0 Å². The van der Waals surface area contributed by atoms with Crippen LogP contribution in [0.5, 0.6) is 0 Å². The second-order valence-corrected chi connectivity index (χ2v) is 5.21. The average molecular weight is 281 g/mol. The summed E-state index contributed by atoms with van der Waals surface area (Å²) in [6.07, 6.45) is 0.165. The molecule has 20 heavy (non-hydrogen) atoms. The van der Waals surface area contributed by atoms with Crippen molar-refractivity contribution in [2.75, 3.05) is 6.54 Å². The highest BCUT2D eigenvalue weighted by Crippen LogP contribution is 2.32. The molecule has 2 rings (SSSR count). The Bertz CT molecular complexity index is 510. The Balaban J connectivity index is 2.14. The molecule has 1 aliphatic heterocycles. The third-order valence-electron chi connectivity index (χ3n) is 3.74. The smallest absolute Gasteiger partial charge is 0.303 e. The fourth-order valence-electron chi connectivity index (χ4n) is 2.55. The topological polar surface area (TPSA) is 37.4 Å². The van der Waals surface area contributed by atoms with Crippen molar-refractivity contribution >= 4 is 11.7 Å². The predicted octanol–water partition coefficient (Wildman–Crippen LogP) is 2.82. The lowest BCUT2D eigenvalue weighted by molar-refractivity contribution is -0.150. The number of amides is 1. The van der Waals surface area contributed by atoms with Gasteiger partial charge in [-0.2, -0.15) is 8.78 Å². The minimum Gasteiger partial charge on any atom is -0.335 e. The van der Waals surface area contributed by atoms with Crippen LogP contribution in [-0.4, -0.2) is 29.1 Å². The van der Waals surface area contributed by atoms with E-state index in [0.717, 1.165) is 5.56 Å². The van der Waals surface area contributed by atoms with Crippen molar-refractivity contribution in [3.8, 4) is 0 Å². The van der Waals surface area contributed by atoms with Crippen molar-refractivity contribution in [2.24, 2.45) is 5.92 Å². The molecule has 0 spiro atoms. The summed E-state index contributed by atoms with van der Waals surface area (Å²) in [5.41, 5.74) is 0.928. The van der Waals surface area contributed by atoms with Crippen LogP contribution in [0.4, 0.5) is 8.78 Å². The molecule has 2 atom stereocenters. The normalized spacial score (nSPS) is 21.1. The van der Waals surface area contributed by atoms with E-state index in [1.165, 1.54) is 4.90 Å². The highest BCUT2D eigenvalue weighted by atomic mass is 19.3. The van der Waals surface area contributed by atoms with E-state index in [2.05, 4.69) is 0 Å². The molecule has 1 saturated heterocycles. The first kappa shape index (κ1) is 14.6. The molecular formula is C15H17F2NO2. The Hall–Kier alpha value is -1.78. The molecule has 108 valence electrons. The first-order chi connectivity index (χ1) is 9.32. The van der Waals surface area contributed by atoms with Gasteiger partial charge in [-0.05, 0) is 18.9 Å². The van der Waals surface area contributed by atoms with Crippen LogP contribution in [0.3, 0.4) is 0 Å². The molecule has 0 aliphatic carbocycles. The van der Waals surface area contributed by atoms with E-state index in [9.17, 15) is 18.4 Å². The number of hydrogen-bond donors (Lipinski definition) is 0. The number of Topliss-reactive ketones (excluding diaryl/α,β-unsaturated/α-hetero) is 1. The molecule has 1 heterocycles. The highest BCUT2D eigenvalue weighted by Gasteiger charge is 2.46. The van der Waals surface area contributed by atoms with Crippen molar-refractivity contribution in [2.45, 2.75) is 32.2 Å². The van der Waals surface area contributed by atoms with E-state index in [4.69, 9.17) is 0 Å². The fourth-order valence-corrected chi connectivity index (χ4v) is 2.55. The third-order valence-corrected chi connectivity index (χ3v) is 3.74. The average Bonchev–Trinajstić information content (AvgIpc) is 2.78. The van der Waals surface area contributed by atoms with Gasteiger partial charge < -0.3 is 4.90 Å². The first-order valence-electron chi connectivity index (χ1n) is 6.60. The first-order valence-corrected chi connectivity index (χ1v) is 6.60. The van der Waals surface area contributed by atoms with E-state index in [1.807, 2.05) is 37.3 Å². The van der Waals surface area contributed by atoms with Crippen LogP contribution in [0.25, 0.3) is 0 Å². The molecule has 1 aromatic rings. The van der Waals surface area contributed by atoms with Gasteiger partial charge in [0.15, 0.2) is 0 Å². The summed E-state index contributed by atoms with van der Waals surface area (Å²) in [6.45, 7) is 2.72. The largest absolute Gasteiger partial charge is 0.335 e. The van der Waals surface area contributed by atoms with E-state index in [1.54, 1.807) is 0 Å². The molecular weight excluding hydrogens is 264 g/mol. The van der Waals surface area contributed by atoms with Gasteiger partial charge in [-0.25, -0.2) is 0 Å². The molecule has 1 amide bonds. The minimum atomic E-state index is -3.45. The second-order valence-electron chi connectivity index (χ2n) is 5.21. The summed E-state index contributed by atoms with van der Waals surface area (Å²) in [4.78, 5) is 25.3. The number of carbonyl (C=O) groups is 2. The van der Waals surface area contributed by atoms with E-state index in [0.29, 0.717) is 13.5 Å². The van der Waals surface area contributed by atoms with Gasteiger partial charge in [0.25, 0.3) is 0 Å². The third kappa shape index (κ3) is 2.71. The quantitative estimate of drug-likeness (QED) is 0.796. The molecule has 0 N–H and O–H groups in total. The molecule has 3 nitrogen and oxygen atoms in total. The maximum atomic E-state index is 13.1. The Kier molecular flexibility index (Phi) is 3.88. The number of nitrogens with zero attached hydrogens (tertiary/aromatic N) is 1. The highest BCUT2D eigenvalue weighted by molar-refractivity contribution is 6.05. The molecule has 1 fully saturated rings. The van der Waals surface area contributed by atoms with Crippen LogP contribution in [0, 0.1) is 5.92 Å². The van der Waals surface area contributed by atoms with Crippen LogP contribution < -0.4 is 0 Å². The van der Waals surface area contributed by atoms with Crippen molar-refractivity contribution < 1.29 is 18.4 Å². The minimum absolute atomic E-state index is 0.165. The van der Waals surface area contributed by atoms with Gasteiger partial charge in [0.05, 0.1) is 6.04 Å². The zero-order chi connectivity index (χ0) is 14.9. The van der Waals surface area contributed by atoms with Crippen molar-refractivity contribution in [1.82, 2.24) is 4.90 Å². The summed E-state index contributed by atoms with van der Waals surface area (Å²) in [5, 5.41) is 0. The number of hydrogen-bond acceptors (Lipinski definition) is 2. The van der Waals surface area contributed by atoms with Crippen LogP contribution in [-0.2, 0) is 9.59 Å². The van der Waals surface area contributed by atoms with Crippen molar-refractivity contribution in [3.05, 3.63) is 35.9 Å². The molecule has 0 aromatic heterocycles. The van der Waals surface area contributed by atoms with Crippen molar-refractivity contribution in [1.29, 1.82) is 0 Å². The molecule has 1 unspecified atom stereocenters. The lowest BCUT2D eigenvalue weighted by atomic mass is 9.98. The van der Waals surface area contributed by atoms with Crippen LogP contribution >= 0.6 is 0 Å². The Morgan fingerprint density at radius 3 is 2.50 bits per heavy atom. The summed E-state index contributed by atoms with van der Waals surface area (Å²) in [7, 11) is 0. The van der Waals surface area contributed by atoms with Gasteiger partial charge in [-0.1, -0.05) is 30.3 Å². The number of halogens is 2. The summed E-state index contributed by atoms with van der Waals surface area (Å²) < 4.78 is 26.1. The van der Waals surface area contributed by atoms with E-state index < -0.39 is 23.5 Å². The lowest BCUT2D eigenvalue weighted by Crippen LogP contribution is -2.38. The Morgan fingerprint density at radius 1 is 1.35 bits per heavy atom. The van der Waals surface area contributed by atoms with E-state index >= 15 is 0 Å². The summed E-state index contributed by atoms with van der Waals surface area (Å²) in [5.74, 6) is -6.42. The number of ketones is 1. The predicted molar refractivity (Wildman–Crippen MR) is 70.3 cm³/mol. The summed E-state index contributed by atoms with van der Waals surface area (Å²) >= 11 is 0. The molecule has 1 aliphatic rings. The summed E-state index contributed by atoms with van der Waals surface area (Å²) in [6, 6.07) is 9.12. The van der Waals surface area contributed by atoms with Crippen molar-refractivity contribution in [3.63, 3.8) is 0 Å². The zero-order valence-corrected chi connectivity index (χ0v) is 11.5. The monoisotopic (exact) mass is 281 g/mol. The van der Waals surface area contributed by atoms with Crippen LogP contribution in [0.15, 0.2) is 30.3 Å². The molecule has 0 saturated carbocycles. The van der Waals surface area contributed by atoms with E-state index in [-0.39, 0.29) is 12.5 Å². The number of likely N-dealkylation sites (tertiary alicyclic amines) is 1. The number of alkyl halides is 2.